The van der Waals surface area contributed by atoms with Crippen molar-refractivity contribution in [1.29, 1.82) is 0 Å². The van der Waals surface area contributed by atoms with E-state index in [0.717, 1.165) is 16.0 Å². The van der Waals surface area contributed by atoms with Gasteiger partial charge in [-0.2, -0.15) is 0 Å². The van der Waals surface area contributed by atoms with Gasteiger partial charge in [0, 0.05) is 19.5 Å². The Bertz CT molecular complexity index is 980. The van der Waals surface area contributed by atoms with E-state index in [0.29, 0.717) is 13.1 Å². The highest BCUT2D eigenvalue weighted by Crippen LogP contribution is 2.26. The predicted octanol–water partition coefficient (Wildman–Crippen LogP) is 2.29. The number of nitrogens with one attached hydrogen (secondary N) is 1. The van der Waals surface area contributed by atoms with Crippen molar-refractivity contribution in [2.24, 2.45) is 0 Å². The van der Waals surface area contributed by atoms with E-state index >= 15 is 0 Å². The van der Waals surface area contributed by atoms with Gasteiger partial charge in [-0.1, -0.05) is 30.3 Å². The second-order valence-corrected chi connectivity index (χ2v) is 9.74. The van der Waals surface area contributed by atoms with E-state index in [1.54, 1.807) is 20.8 Å². The minimum Gasteiger partial charge on any atom is -0.480 e. The molecule has 11 heteroatoms. The zero-order valence-electron chi connectivity index (χ0n) is 20.8. The number of fused-ring (bicyclic) bond motifs is 1. The highest BCUT2D eigenvalue weighted by atomic mass is 16.6. The van der Waals surface area contributed by atoms with Crippen molar-refractivity contribution in [2.75, 3.05) is 19.8 Å². The number of carbonyl (C=O) groups excluding carboxylic acids is 3. The van der Waals surface area contributed by atoms with Crippen LogP contribution >= 0.6 is 0 Å². The first-order valence-electron chi connectivity index (χ1n) is 11.7. The molecule has 0 bridgehead atoms. The van der Waals surface area contributed by atoms with Gasteiger partial charge in [-0.3, -0.25) is 9.69 Å². The van der Waals surface area contributed by atoms with Crippen LogP contribution in [0, 0.1) is 0 Å². The number of amides is 3. The van der Waals surface area contributed by atoms with Gasteiger partial charge < -0.3 is 29.5 Å². The molecule has 3 rings (SSSR count). The van der Waals surface area contributed by atoms with Gasteiger partial charge in [0.05, 0.1) is 19.8 Å². The van der Waals surface area contributed by atoms with Crippen LogP contribution < -0.4 is 5.32 Å². The lowest BCUT2D eigenvalue weighted by Crippen LogP contribution is -2.54. The van der Waals surface area contributed by atoms with Gasteiger partial charge in [-0.15, -0.1) is 6.58 Å². The Hall–Kier alpha value is -3.60. The summed E-state index contributed by atoms with van der Waals surface area (Å²) in [5, 5.41) is 12.2. The molecule has 2 heterocycles. The molecule has 0 saturated carbocycles. The second-order valence-electron chi connectivity index (χ2n) is 9.74. The van der Waals surface area contributed by atoms with Crippen molar-refractivity contribution in [2.45, 2.75) is 64.1 Å². The topological polar surface area (TPSA) is 135 Å². The molecule has 1 aromatic carbocycles. The van der Waals surface area contributed by atoms with Crippen LogP contribution in [-0.2, 0) is 36.9 Å². The van der Waals surface area contributed by atoms with Crippen LogP contribution in [0.2, 0.25) is 0 Å². The summed E-state index contributed by atoms with van der Waals surface area (Å²) in [7, 11) is 0. The third kappa shape index (κ3) is 6.97. The fourth-order valence-electron chi connectivity index (χ4n) is 4.13. The molecule has 2 aliphatic rings. The number of hydrogen-bond acceptors (Lipinski definition) is 7. The van der Waals surface area contributed by atoms with E-state index in [9.17, 15) is 24.3 Å². The molecule has 3 amide bonds. The first-order valence-corrected chi connectivity index (χ1v) is 11.7. The van der Waals surface area contributed by atoms with E-state index in [2.05, 4.69) is 11.9 Å². The van der Waals surface area contributed by atoms with E-state index in [-0.39, 0.29) is 26.2 Å². The van der Waals surface area contributed by atoms with Crippen molar-refractivity contribution >= 4 is 24.1 Å². The molecule has 196 valence electrons. The molecule has 1 fully saturated rings. The number of rotatable bonds is 8. The lowest BCUT2D eigenvalue weighted by Gasteiger charge is -2.28. The van der Waals surface area contributed by atoms with E-state index in [1.165, 1.54) is 11.0 Å². The van der Waals surface area contributed by atoms with Crippen LogP contribution in [0.15, 0.2) is 36.9 Å². The fraction of sp³-hybridized carbons (Fsp3) is 0.520. The van der Waals surface area contributed by atoms with Crippen molar-refractivity contribution in [3.05, 3.63) is 48.0 Å². The molecule has 0 aliphatic carbocycles. The zero-order valence-corrected chi connectivity index (χ0v) is 20.8. The summed E-state index contributed by atoms with van der Waals surface area (Å²) < 4.78 is 16.2. The van der Waals surface area contributed by atoms with Gasteiger partial charge in [0.2, 0.25) is 5.91 Å². The van der Waals surface area contributed by atoms with Crippen molar-refractivity contribution in [1.82, 2.24) is 15.1 Å². The Labute approximate surface area is 210 Å². The summed E-state index contributed by atoms with van der Waals surface area (Å²) in [6.45, 7) is 9.15. The van der Waals surface area contributed by atoms with Gasteiger partial charge in [0.1, 0.15) is 23.8 Å². The normalized spacial score (nSPS) is 19.9. The SMILES string of the molecule is C=CCOC[C@H](NC(=O)OC(C)(C)C)C(=O)N1C[C@H](OC(=O)N2Cc3ccccc3C2)C[C@H]1C(=O)O. The number of hydrogen-bond donors (Lipinski definition) is 2. The molecule has 0 radical (unpaired) electrons. The second kappa shape index (κ2) is 11.4. The molecule has 1 saturated heterocycles. The lowest BCUT2D eigenvalue weighted by molar-refractivity contribution is -0.149. The van der Waals surface area contributed by atoms with Crippen molar-refractivity contribution in [3.8, 4) is 0 Å². The Morgan fingerprint density at radius 1 is 1.19 bits per heavy atom. The summed E-state index contributed by atoms with van der Waals surface area (Å²) >= 11 is 0. The largest absolute Gasteiger partial charge is 0.480 e. The van der Waals surface area contributed by atoms with Crippen LogP contribution in [-0.4, -0.2) is 82.5 Å². The van der Waals surface area contributed by atoms with Gasteiger partial charge >= 0.3 is 18.2 Å². The average Bonchev–Trinajstić information content (AvgIpc) is 3.41. The number of benzene rings is 1. The van der Waals surface area contributed by atoms with E-state index < -0.39 is 47.9 Å². The van der Waals surface area contributed by atoms with Gasteiger partial charge in [0.25, 0.3) is 0 Å². The fourth-order valence-corrected chi connectivity index (χ4v) is 4.13. The minimum atomic E-state index is -1.24. The number of carboxylic acid groups (broad SMARTS) is 1. The molecule has 0 spiro atoms. The summed E-state index contributed by atoms with van der Waals surface area (Å²) in [6, 6.07) is 5.23. The highest BCUT2D eigenvalue weighted by molar-refractivity contribution is 5.90. The summed E-state index contributed by atoms with van der Waals surface area (Å²) in [5.41, 5.74) is 1.25. The molecule has 36 heavy (non-hydrogen) atoms. The zero-order chi connectivity index (χ0) is 26.5. The number of ether oxygens (including phenoxy) is 3. The molecule has 2 aliphatic heterocycles. The standard InChI is InChI=1S/C25H33N3O8/c1-5-10-34-15-19(26-23(32)36-25(2,3)4)21(29)28-14-18(11-20(28)22(30)31)35-24(33)27-12-16-8-6-7-9-17(16)13-27/h5-9,18-20H,1,10-15H2,2-4H3,(H,26,32)(H,30,31)/t18-,19+,20+/m1/s1. The number of aliphatic carboxylic acids is 1. The lowest BCUT2D eigenvalue weighted by atomic mass is 10.1. The van der Waals surface area contributed by atoms with Crippen LogP contribution in [0.1, 0.15) is 38.3 Å². The number of carbonyl (C=O) groups is 4. The summed E-state index contributed by atoms with van der Waals surface area (Å²) in [4.78, 5) is 53.0. The maximum absolute atomic E-state index is 13.3. The number of likely N-dealkylation sites (tertiary alicyclic amines) is 1. The van der Waals surface area contributed by atoms with Crippen molar-refractivity contribution < 1.29 is 38.5 Å². The first-order chi connectivity index (χ1) is 17.0. The maximum Gasteiger partial charge on any atom is 0.410 e. The van der Waals surface area contributed by atoms with Gasteiger partial charge in [0.15, 0.2) is 0 Å². The number of alkyl carbamates (subject to hydrolysis) is 1. The Kier molecular flexibility index (Phi) is 8.57. The predicted molar refractivity (Wildman–Crippen MR) is 128 cm³/mol. The quantitative estimate of drug-likeness (QED) is 0.408. The van der Waals surface area contributed by atoms with Crippen molar-refractivity contribution in [3.63, 3.8) is 0 Å². The third-order valence-electron chi connectivity index (χ3n) is 5.71. The number of carboxylic acids is 1. The Morgan fingerprint density at radius 3 is 2.39 bits per heavy atom. The van der Waals surface area contributed by atoms with Gasteiger partial charge in [-0.05, 0) is 31.9 Å². The molecule has 2 N–H and O–H groups in total. The van der Waals surface area contributed by atoms with Crippen LogP contribution in [0.4, 0.5) is 9.59 Å². The molecule has 11 nitrogen and oxygen atoms in total. The average molecular weight is 504 g/mol. The van der Waals surface area contributed by atoms with Crippen LogP contribution in [0.25, 0.3) is 0 Å². The maximum atomic E-state index is 13.3. The molecule has 3 atom stereocenters. The molecule has 1 aromatic rings. The Balaban J connectivity index is 1.67. The molecule has 0 unspecified atom stereocenters. The van der Waals surface area contributed by atoms with Gasteiger partial charge in [-0.25, -0.2) is 14.4 Å². The Morgan fingerprint density at radius 2 is 1.83 bits per heavy atom. The van der Waals surface area contributed by atoms with E-state index in [1.807, 2.05) is 24.3 Å². The molecular weight excluding hydrogens is 470 g/mol. The molecule has 0 aromatic heterocycles. The number of nitrogens with zero attached hydrogens (tertiary/aromatic N) is 2. The summed E-state index contributed by atoms with van der Waals surface area (Å²) in [6.07, 6.45) is -0.822. The first kappa shape index (κ1) is 27.0. The minimum absolute atomic E-state index is 0.0692. The summed E-state index contributed by atoms with van der Waals surface area (Å²) in [5.74, 6) is -1.91. The van der Waals surface area contributed by atoms with Crippen LogP contribution in [0.5, 0.6) is 0 Å². The van der Waals surface area contributed by atoms with E-state index in [4.69, 9.17) is 14.2 Å². The monoisotopic (exact) mass is 503 g/mol. The van der Waals surface area contributed by atoms with Crippen LogP contribution in [0.3, 0.4) is 0 Å². The smallest absolute Gasteiger partial charge is 0.410 e. The molecular formula is C25H33N3O8. The third-order valence-corrected chi connectivity index (χ3v) is 5.71. The highest BCUT2D eigenvalue weighted by Gasteiger charge is 2.44.